The van der Waals surface area contributed by atoms with Gasteiger partial charge in [-0.25, -0.2) is 9.07 Å². The Morgan fingerprint density at radius 3 is 2.64 bits per heavy atom. The molecule has 4 rings (SSSR count). The molecule has 2 aromatic heterocycles. The van der Waals surface area contributed by atoms with Crippen LogP contribution in [0.4, 0.5) is 10.1 Å². The van der Waals surface area contributed by atoms with Crippen molar-refractivity contribution in [3.8, 4) is 11.5 Å². The molecule has 0 aliphatic carbocycles. The van der Waals surface area contributed by atoms with Gasteiger partial charge in [-0.15, -0.1) is 5.10 Å². The highest BCUT2D eigenvalue weighted by Gasteiger charge is 2.18. The topological polar surface area (TPSA) is 98.7 Å². The van der Waals surface area contributed by atoms with E-state index in [2.05, 4.69) is 25.8 Å². The van der Waals surface area contributed by atoms with Crippen molar-refractivity contribution in [3.63, 3.8) is 0 Å². The molecule has 0 radical (unpaired) electrons. The lowest BCUT2D eigenvalue weighted by atomic mass is 10.2. The molecule has 0 saturated carbocycles. The van der Waals surface area contributed by atoms with E-state index < -0.39 is 5.91 Å². The zero-order valence-corrected chi connectivity index (χ0v) is 14.8. The fourth-order valence-corrected chi connectivity index (χ4v) is 2.50. The zero-order valence-electron chi connectivity index (χ0n) is 14.8. The van der Waals surface area contributed by atoms with E-state index in [1.54, 1.807) is 35.1 Å². The molecule has 0 unspecified atom stereocenters. The number of carbonyl (C=O) groups is 1. The van der Waals surface area contributed by atoms with Crippen LogP contribution in [-0.4, -0.2) is 31.0 Å². The summed E-state index contributed by atoms with van der Waals surface area (Å²) < 4.78 is 19.6. The first-order valence-electron chi connectivity index (χ1n) is 8.43. The minimum absolute atomic E-state index is 0.152. The van der Waals surface area contributed by atoms with E-state index in [0.717, 1.165) is 11.1 Å². The average Bonchev–Trinajstić information content (AvgIpc) is 3.35. The molecule has 0 saturated heterocycles. The second-order valence-corrected chi connectivity index (χ2v) is 6.17. The van der Waals surface area contributed by atoms with E-state index in [1.807, 2.05) is 19.1 Å². The van der Waals surface area contributed by atoms with Gasteiger partial charge in [0.25, 0.3) is 0 Å². The molecule has 140 valence electrons. The zero-order chi connectivity index (χ0) is 19.5. The summed E-state index contributed by atoms with van der Waals surface area (Å²) in [7, 11) is 0. The van der Waals surface area contributed by atoms with Gasteiger partial charge in [0.15, 0.2) is 5.69 Å². The average molecular weight is 378 g/mol. The highest BCUT2D eigenvalue weighted by molar-refractivity contribution is 6.01. The SMILES string of the molecule is Cc1ccc(NC(=O)c2nc(-c3cn(Cc4ccc(F)cc4)nn3)no2)cc1. The summed E-state index contributed by atoms with van der Waals surface area (Å²) in [5.41, 5.74) is 2.94. The van der Waals surface area contributed by atoms with Gasteiger partial charge in [-0.2, -0.15) is 4.98 Å². The van der Waals surface area contributed by atoms with Crippen LogP contribution in [0.25, 0.3) is 11.5 Å². The number of anilines is 1. The molecule has 28 heavy (non-hydrogen) atoms. The Morgan fingerprint density at radius 2 is 1.89 bits per heavy atom. The van der Waals surface area contributed by atoms with Crippen molar-refractivity contribution >= 4 is 11.6 Å². The number of nitrogens with one attached hydrogen (secondary N) is 1. The molecule has 0 atom stereocenters. The summed E-state index contributed by atoms with van der Waals surface area (Å²) in [6, 6.07) is 13.4. The molecule has 0 bridgehead atoms. The number of nitrogens with zero attached hydrogens (tertiary/aromatic N) is 5. The van der Waals surface area contributed by atoms with Crippen LogP contribution in [-0.2, 0) is 6.54 Å². The van der Waals surface area contributed by atoms with Gasteiger partial charge in [0.1, 0.15) is 5.82 Å². The van der Waals surface area contributed by atoms with Crippen molar-refractivity contribution in [1.29, 1.82) is 0 Å². The first-order valence-corrected chi connectivity index (χ1v) is 8.43. The van der Waals surface area contributed by atoms with Crippen molar-refractivity contribution in [2.75, 3.05) is 5.32 Å². The maximum atomic E-state index is 13.0. The molecule has 2 heterocycles. The Morgan fingerprint density at radius 1 is 1.14 bits per heavy atom. The first kappa shape index (κ1) is 17.5. The third-order valence-corrected chi connectivity index (χ3v) is 3.96. The molecule has 1 N–H and O–H groups in total. The van der Waals surface area contributed by atoms with Crippen molar-refractivity contribution in [2.24, 2.45) is 0 Å². The monoisotopic (exact) mass is 378 g/mol. The lowest BCUT2D eigenvalue weighted by Gasteiger charge is -2.01. The maximum absolute atomic E-state index is 13.0. The molecule has 0 aliphatic rings. The Balaban J connectivity index is 1.45. The van der Waals surface area contributed by atoms with Crippen molar-refractivity contribution in [3.05, 3.63) is 77.6 Å². The highest BCUT2D eigenvalue weighted by atomic mass is 19.1. The van der Waals surface area contributed by atoms with E-state index >= 15 is 0 Å². The number of hydrogen-bond acceptors (Lipinski definition) is 6. The van der Waals surface area contributed by atoms with E-state index in [-0.39, 0.29) is 17.5 Å². The number of aromatic nitrogens is 5. The molecule has 4 aromatic rings. The third-order valence-electron chi connectivity index (χ3n) is 3.96. The van der Waals surface area contributed by atoms with E-state index in [0.29, 0.717) is 17.9 Å². The molecule has 0 aliphatic heterocycles. The molecule has 0 spiro atoms. The van der Waals surface area contributed by atoms with Gasteiger partial charge in [-0.05, 0) is 36.8 Å². The van der Waals surface area contributed by atoms with Crippen LogP contribution < -0.4 is 5.32 Å². The standard InChI is InChI=1S/C19H15FN6O2/c1-12-2-8-15(9-3-12)21-18(27)19-22-17(24-28-19)16-11-26(25-23-16)10-13-4-6-14(20)7-5-13/h2-9,11H,10H2,1H3,(H,21,27). The number of amides is 1. The minimum atomic E-state index is -0.513. The number of carbonyl (C=O) groups excluding carboxylic acids is 1. The van der Waals surface area contributed by atoms with Crippen LogP contribution in [0.15, 0.2) is 59.3 Å². The fraction of sp³-hybridized carbons (Fsp3) is 0.105. The molecule has 2 aromatic carbocycles. The minimum Gasteiger partial charge on any atom is -0.328 e. The van der Waals surface area contributed by atoms with Gasteiger partial charge in [-0.1, -0.05) is 40.2 Å². The number of hydrogen-bond donors (Lipinski definition) is 1. The summed E-state index contributed by atoms with van der Waals surface area (Å²) in [5.74, 6) is -0.837. The normalized spacial score (nSPS) is 10.8. The second kappa shape index (κ2) is 7.39. The van der Waals surface area contributed by atoms with Crippen molar-refractivity contribution in [1.82, 2.24) is 25.1 Å². The number of benzene rings is 2. The summed E-state index contributed by atoms with van der Waals surface area (Å²) in [5, 5.41) is 14.4. The fourth-order valence-electron chi connectivity index (χ4n) is 2.50. The molecule has 9 heteroatoms. The van der Waals surface area contributed by atoms with Crippen LogP contribution in [0.2, 0.25) is 0 Å². The van der Waals surface area contributed by atoms with Crippen molar-refractivity contribution < 1.29 is 13.7 Å². The van der Waals surface area contributed by atoms with E-state index in [4.69, 9.17) is 4.52 Å². The van der Waals surface area contributed by atoms with Crippen LogP contribution in [0.3, 0.4) is 0 Å². The Labute approximate surface area is 159 Å². The van der Waals surface area contributed by atoms with Crippen LogP contribution >= 0.6 is 0 Å². The number of rotatable bonds is 5. The number of aryl methyl sites for hydroxylation is 1. The van der Waals surface area contributed by atoms with Gasteiger partial charge in [0, 0.05) is 5.69 Å². The van der Waals surface area contributed by atoms with Crippen molar-refractivity contribution in [2.45, 2.75) is 13.5 Å². The summed E-state index contributed by atoms with van der Waals surface area (Å²) in [6.07, 6.45) is 1.62. The molecule has 8 nitrogen and oxygen atoms in total. The smallest absolute Gasteiger partial charge is 0.316 e. The summed E-state index contributed by atoms with van der Waals surface area (Å²) >= 11 is 0. The molecule has 1 amide bonds. The number of halogens is 1. The largest absolute Gasteiger partial charge is 0.328 e. The van der Waals surface area contributed by atoms with E-state index in [9.17, 15) is 9.18 Å². The molecular weight excluding hydrogens is 363 g/mol. The Kier molecular flexibility index (Phi) is 4.63. The quantitative estimate of drug-likeness (QED) is 0.573. The van der Waals surface area contributed by atoms with Gasteiger partial charge < -0.3 is 9.84 Å². The summed E-state index contributed by atoms with van der Waals surface area (Å²) in [6.45, 7) is 2.37. The van der Waals surface area contributed by atoms with Gasteiger partial charge >= 0.3 is 11.8 Å². The predicted molar refractivity (Wildman–Crippen MR) is 97.9 cm³/mol. The van der Waals surface area contributed by atoms with Crippen LogP contribution in [0.5, 0.6) is 0 Å². The summed E-state index contributed by atoms with van der Waals surface area (Å²) in [4.78, 5) is 16.3. The molecular formula is C19H15FN6O2. The lowest BCUT2D eigenvalue weighted by molar-refractivity contribution is 0.0981. The predicted octanol–water partition coefficient (Wildman–Crippen LogP) is 3.08. The van der Waals surface area contributed by atoms with Crippen LogP contribution in [0.1, 0.15) is 21.8 Å². The third kappa shape index (κ3) is 3.93. The molecule has 0 fully saturated rings. The second-order valence-electron chi connectivity index (χ2n) is 6.17. The van der Waals surface area contributed by atoms with Gasteiger partial charge in [0.2, 0.25) is 5.82 Å². The Hall–Kier alpha value is -3.88. The van der Waals surface area contributed by atoms with Crippen LogP contribution in [0, 0.1) is 12.7 Å². The maximum Gasteiger partial charge on any atom is 0.316 e. The lowest BCUT2D eigenvalue weighted by Crippen LogP contribution is -2.12. The van der Waals surface area contributed by atoms with Gasteiger partial charge in [0.05, 0.1) is 12.7 Å². The Bertz CT molecular complexity index is 1100. The van der Waals surface area contributed by atoms with E-state index in [1.165, 1.54) is 12.1 Å². The first-order chi connectivity index (χ1) is 13.6. The van der Waals surface area contributed by atoms with Gasteiger partial charge in [-0.3, -0.25) is 4.79 Å². The highest BCUT2D eigenvalue weighted by Crippen LogP contribution is 2.15.